The van der Waals surface area contributed by atoms with Gasteiger partial charge in [0.25, 0.3) is 0 Å². The maximum atomic E-state index is 6.62. The van der Waals surface area contributed by atoms with E-state index in [2.05, 4.69) is 5.04 Å². The van der Waals surface area contributed by atoms with Crippen molar-refractivity contribution in [1.29, 1.82) is 0 Å². The fraction of sp³-hybridized carbons (Fsp3) is 0. The van der Waals surface area contributed by atoms with Crippen molar-refractivity contribution in [2.45, 2.75) is 0 Å². The van der Waals surface area contributed by atoms with Crippen LogP contribution in [0, 0.1) is 0 Å². The number of hydrogen-bond acceptors (Lipinski definition) is 3. The van der Waals surface area contributed by atoms with E-state index in [1.165, 1.54) is 0 Å². The van der Waals surface area contributed by atoms with E-state index in [0.717, 1.165) is 0 Å². The zero-order valence-electron chi connectivity index (χ0n) is 1.30. The van der Waals surface area contributed by atoms with Gasteiger partial charge in [-0.3, -0.25) is 0 Å². The normalized spacial score (nSPS) is 4.50. The second-order valence-corrected chi connectivity index (χ2v) is 0.0816. The molecule has 4 heteroatoms. The van der Waals surface area contributed by atoms with Crippen molar-refractivity contribution in [3.63, 3.8) is 0 Å². The molecule has 0 fully saturated rings. The Bertz CT molecular complexity index is 3.25. The molecule has 26 valence electrons. The Morgan fingerprint density at radius 2 is 1.25 bits per heavy atom. The van der Waals surface area contributed by atoms with Gasteiger partial charge in [-0.05, 0) is 0 Å². The van der Waals surface area contributed by atoms with E-state index in [0.29, 0.717) is 0 Å². The molecule has 0 aromatic heterocycles. The summed E-state index contributed by atoms with van der Waals surface area (Å²) in [6, 6.07) is 0. The second-order valence-electron chi connectivity index (χ2n) is 0.0816. The van der Waals surface area contributed by atoms with E-state index in [1.807, 2.05) is 0 Å². The van der Waals surface area contributed by atoms with Gasteiger partial charge in [0.05, 0.1) is 8.41 Å². The van der Waals surface area contributed by atoms with E-state index in [9.17, 15) is 0 Å². The van der Waals surface area contributed by atoms with E-state index in [-0.39, 0.29) is 8.41 Å². The molecule has 0 bridgehead atoms. The first kappa shape index (κ1) is 9.04. The van der Waals surface area contributed by atoms with Gasteiger partial charge in [0.2, 0.25) is 0 Å². The second kappa shape index (κ2) is 12.5. The summed E-state index contributed by atoms with van der Waals surface area (Å²) in [5.74, 6) is 0. The average molecular weight is 63.8 g/mol. The predicted octanol–water partition coefficient (Wildman–Crippen LogP) is -1.23. The first-order chi connectivity index (χ1) is 1.41. The molecule has 0 spiro atoms. The molecule has 0 aliphatic carbocycles. The molecule has 0 aliphatic rings. The van der Waals surface area contributed by atoms with Gasteiger partial charge >= 0.3 is 0 Å². The third-order valence-corrected chi connectivity index (χ3v) is 0. The molecule has 0 saturated heterocycles. The van der Waals surface area contributed by atoms with Crippen LogP contribution >= 0.6 is 0 Å². The Hall–Kier alpha value is -0.0551. The van der Waals surface area contributed by atoms with Crippen LogP contribution in [0.1, 0.15) is 0 Å². The summed E-state index contributed by atoms with van der Waals surface area (Å²) in [6.07, 6.45) is 0. The van der Waals surface area contributed by atoms with Crippen LogP contribution < -0.4 is 0 Å². The summed E-state index contributed by atoms with van der Waals surface area (Å²) < 4.78 is 0. The highest BCUT2D eigenvalue weighted by Gasteiger charge is 1.27. The fourth-order valence-corrected chi connectivity index (χ4v) is 0. The topological polar surface area (TPSA) is 49.7 Å². The molecule has 2 N–H and O–H groups in total. The van der Waals surface area contributed by atoms with Gasteiger partial charge in [-0.15, -0.1) is 0 Å². The van der Waals surface area contributed by atoms with Gasteiger partial charge in [-0.2, -0.15) is 0 Å². The van der Waals surface area contributed by atoms with Crippen molar-refractivity contribution in [2.75, 3.05) is 0 Å². The quantitative estimate of drug-likeness (QED) is 0.210. The lowest BCUT2D eigenvalue weighted by atomic mass is 10.8. The van der Waals surface area contributed by atoms with Gasteiger partial charge in [0.1, 0.15) is 0 Å². The van der Waals surface area contributed by atoms with E-state index in [1.54, 1.807) is 0 Å². The zero-order chi connectivity index (χ0) is 2.71. The lowest BCUT2D eigenvalue weighted by Gasteiger charge is -1.56. The van der Waals surface area contributed by atoms with Crippen LogP contribution in [0.25, 0.3) is 0 Å². The Balaban J connectivity index is 0. The molecule has 0 aliphatic heterocycles. The van der Waals surface area contributed by atoms with Crippen molar-refractivity contribution < 1.29 is 15.6 Å². The SMILES string of the molecule is B.OOO. The zero-order valence-corrected chi connectivity index (χ0v) is 1.30. The Morgan fingerprint density at radius 3 is 1.25 bits per heavy atom. The van der Waals surface area contributed by atoms with Crippen LogP contribution in [0.3, 0.4) is 0 Å². The molecule has 0 amide bonds. The maximum absolute atomic E-state index is 6.62. The lowest BCUT2D eigenvalue weighted by Crippen LogP contribution is -1.60. The fourth-order valence-electron chi connectivity index (χ4n) is 0. The highest BCUT2D eigenvalue weighted by Crippen LogP contribution is 1.24. The standard InChI is InChI=1S/BH3.H2O3/c;1-3-2/h1H3;1-2H. The molecule has 0 rings (SSSR count). The molecule has 0 aromatic carbocycles. The van der Waals surface area contributed by atoms with Gasteiger partial charge in [-0.1, -0.05) is 5.04 Å². The van der Waals surface area contributed by atoms with Crippen LogP contribution in [0.15, 0.2) is 0 Å². The molecule has 3 nitrogen and oxygen atoms in total. The smallest absolute Gasteiger partial charge is 0.0814 e. The minimum absolute atomic E-state index is 0. The van der Waals surface area contributed by atoms with Gasteiger partial charge in [0, 0.05) is 0 Å². The number of rotatable bonds is 0. The monoisotopic (exact) mass is 64.0 g/mol. The summed E-state index contributed by atoms with van der Waals surface area (Å²) in [5.41, 5.74) is 0. The average Bonchev–Trinajstić information content (AvgIpc) is 0.918. The predicted molar refractivity (Wildman–Crippen MR) is 16.3 cm³/mol. The molecular formula is H5BO3. The maximum Gasteiger partial charge on any atom is 0.0814 e. The molecule has 0 heterocycles. The highest BCUT2D eigenvalue weighted by atomic mass is 17.4. The molecule has 0 unspecified atom stereocenters. The van der Waals surface area contributed by atoms with Crippen LogP contribution in [0.5, 0.6) is 0 Å². The summed E-state index contributed by atoms with van der Waals surface area (Å²) in [7, 11) is 0. The van der Waals surface area contributed by atoms with Crippen LogP contribution in [0.2, 0.25) is 0 Å². The summed E-state index contributed by atoms with van der Waals surface area (Å²) in [5, 5.41) is 15.5. The van der Waals surface area contributed by atoms with Crippen LogP contribution in [-0.4, -0.2) is 18.9 Å². The van der Waals surface area contributed by atoms with Gasteiger partial charge < -0.3 is 0 Å². The largest absolute Gasteiger partial charge is 0.221 e. The molecule has 0 atom stereocenters. The lowest BCUT2D eigenvalue weighted by molar-refractivity contribution is -0.465. The van der Waals surface area contributed by atoms with Gasteiger partial charge in [0.15, 0.2) is 0 Å². The minimum Gasteiger partial charge on any atom is -0.221 e. The summed E-state index contributed by atoms with van der Waals surface area (Å²) in [4.78, 5) is 0. The third kappa shape index (κ3) is 573. The highest BCUT2D eigenvalue weighted by molar-refractivity contribution is 5.75. The van der Waals surface area contributed by atoms with Crippen molar-refractivity contribution in [3.8, 4) is 0 Å². The Labute approximate surface area is 25.3 Å². The van der Waals surface area contributed by atoms with Crippen molar-refractivity contribution in [2.24, 2.45) is 0 Å². The van der Waals surface area contributed by atoms with E-state index < -0.39 is 0 Å². The molecule has 0 radical (unpaired) electrons. The Morgan fingerprint density at radius 1 is 1.25 bits per heavy atom. The Kier molecular flexibility index (Phi) is 28.2. The number of hydrogen-bond donors (Lipinski definition) is 2. The van der Waals surface area contributed by atoms with E-state index in [4.69, 9.17) is 10.5 Å². The van der Waals surface area contributed by atoms with Crippen LogP contribution in [0.4, 0.5) is 0 Å². The molecular weight excluding hydrogens is 58.8 g/mol. The minimum atomic E-state index is 0. The summed E-state index contributed by atoms with van der Waals surface area (Å²) in [6.45, 7) is 0. The van der Waals surface area contributed by atoms with Gasteiger partial charge in [-0.25, -0.2) is 10.5 Å². The van der Waals surface area contributed by atoms with Crippen molar-refractivity contribution in [3.05, 3.63) is 0 Å². The van der Waals surface area contributed by atoms with Crippen molar-refractivity contribution in [1.82, 2.24) is 0 Å². The van der Waals surface area contributed by atoms with Crippen LogP contribution in [-0.2, 0) is 5.04 Å². The molecule has 0 saturated carbocycles. The first-order valence-electron chi connectivity index (χ1n) is 0.365. The molecule has 0 aromatic rings. The van der Waals surface area contributed by atoms with Crippen molar-refractivity contribution >= 4 is 8.41 Å². The van der Waals surface area contributed by atoms with E-state index >= 15 is 0 Å². The molecule has 4 heavy (non-hydrogen) atoms. The third-order valence-electron chi connectivity index (χ3n) is 0. The summed E-state index contributed by atoms with van der Waals surface area (Å²) >= 11 is 0. The first-order valence-corrected chi connectivity index (χ1v) is 0.365.